The SMILES string of the molecule is Cc1ccc(S(=O)(=O)NC(C)/C=C/CCN(C)S(=O)(=O)c2ccc(C)cc2)cc1. The Kier molecular flexibility index (Phi) is 7.76. The summed E-state index contributed by atoms with van der Waals surface area (Å²) in [5.74, 6) is 0. The van der Waals surface area contributed by atoms with Crippen molar-refractivity contribution in [3.63, 3.8) is 0 Å². The van der Waals surface area contributed by atoms with E-state index in [4.69, 9.17) is 0 Å². The Morgan fingerprint density at radius 2 is 1.38 bits per heavy atom. The molecule has 0 aliphatic heterocycles. The van der Waals surface area contributed by atoms with Gasteiger partial charge >= 0.3 is 0 Å². The Morgan fingerprint density at radius 3 is 1.90 bits per heavy atom. The van der Waals surface area contributed by atoms with E-state index in [2.05, 4.69) is 4.72 Å². The number of hydrogen-bond donors (Lipinski definition) is 1. The van der Waals surface area contributed by atoms with Gasteiger partial charge in [-0.2, -0.15) is 0 Å². The second-order valence-corrected chi connectivity index (χ2v) is 10.8. The highest BCUT2D eigenvalue weighted by Crippen LogP contribution is 2.15. The quantitative estimate of drug-likeness (QED) is 0.612. The molecule has 0 bridgehead atoms. The first-order chi connectivity index (χ1) is 13.5. The van der Waals surface area contributed by atoms with Gasteiger partial charge in [-0.25, -0.2) is 25.9 Å². The van der Waals surface area contributed by atoms with Gasteiger partial charge in [-0.1, -0.05) is 47.5 Å². The van der Waals surface area contributed by atoms with Crippen molar-refractivity contribution in [2.75, 3.05) is 13.6 Å². The fraction of sp³-hybridized carbons (Fsp3) is 0.333. The lowest BCUT2D eigenvalue weighted by Crippen LogP contribution is -2.31. The molecule has 0 amide bonds. The molecule has 0 saturated carbocycles. The molecule has 0 aliphatic carbocycles. The van der Waals surface area contributed by atoms with Crippen molar-refractivity contribution in [1.29, 1.82) is 0 Å². The van der Waals surface area contributed by atoms with Crippen LogP contribution in [0.4, 0.5) is 0 Å². The first-order valence-corrected chi connectivity index (χ1v) is 12.2. The predicted molar refractivity (Wildman–Crippen MR) is 116 cm³/mol. The van der Waals surface area contributed by atoms with Crippen LogP contribution in [0.3, 0.4) is 0 Å². The number of rotatable bonds is 9. The summed E-state index contributed by atoms with van der Waals surface area (Å²) in [5.41, 5.74) is 1.98. The van der Waals surface area contributed by atoms with Crippen LogP contribution >= 0.6 is 0 Å². The molecule has 8 heteroatoms. The molecule has 6 nitrogen and oxygen atoms in total. The average molecular weight is 437 g/mol. The molecule has 2 aromatic carbocycles. The standard InChI is InChI=1S/C21H28N2O4S2/c1-17-8-12-20(13-9-17)28(24,25)22-19(3)7-5-6-16-23(4)29(26,27)21-14-10-18(2)11-15-21/h5,7-15,19,22H,6,16H2,1-4H3/b7-5+. The van der Waals surface area contributed by atoms with Gasteiger partial charge in [-0.05, 0) is 51.5 Å². The van der Waals surface area contributed by atoms with Crippen molar-refractivity contribution >= 4 is 20.0 Å². The minimum Gasteiger partial charge on any atom is -0.207 e. The monoisotopic (exact) mass is 436 g/mol. The number of nitrogens with zero attached hydrogens (tertiary/aromatic N) is 1. The minimum absolute atomic E-state index is 0.215. The molecule has 1 unspecified atom stereocenters. The third-order valence-corrected chi connectivity index (χ3v) is 7.88. The lowest BCUT2D eigenvalue weighted by Gasteiger charge is -2.16. The van der Waals surface area contributed by atoms with Crippen molar-refractivity contribution < 1.29 is 16.8 Å². The van der Waals surface area contributed by atoms with Crippen LogP contribution in [0.5, 0.6) is 0 Å². The predicted octanol–water partition coefficient (Wildman–Crippen LogP) is 3.24. The van der Waals surface area contributed by atoms with Crippen molar-refractivity contribution in [2.24, 2.45) is 0 Å². The lowest BCUT2D eigenvalue weighted by atomic mass is 10.2. The molecule has 29 heavy (non-hydrogen) atoms. The molecule has 1 N–H and O–H groups in total. The maximum absolute atomic E-state index is 12.6. The van der Waals surface area contributed by atoms with Gasteiger partial charge in [0.05, 0.1) is 9.79 Å². The molecule has 0 aromatic heterocycles. The summed E-state index contributed by atoms with van der Waals surface area (Å²) in [4.78, 5) is 0.473. The molecule has 2 rings (SSSR count). The number of sulfonamides is 2. The Labute approximate surface area is 174 Å². The summed E-state index contributed by atoms with van der Waals surface area (Å²) in [5, 5.41) is 0. The first kappa shape index (κ1) is 23.3. The summed E-state index contributed by atoms with van der Waals surface area (Å²) in [6, 6.07) is 12.9. The third-order valence-electron chi connectivity index (χ3n) is 4.44. The van der Waals surface area contributed by atoms with Crippen molar-refractivity contribution in [2.45, 2.75) is 43.0 Å². The molecule has 0 heterocycles. The summed E-state index contributed by atoms with van der Waals surface area (Å²) >= 11 is 0. The molecule has 0 radical (unpaired) electrons. The first-order valence-electron chi connectivity index (χ1n) is 9.31. The van der Waals surface area contributed by atoms with Gasteiger partial charge in [0.25, 0.3) is 0 Å². The lowest BCUT2D eigenvalue weighted by molar-refractivity contribution is 0.475. The maximum atomic E-state index is 12.6. The molecule has 0 fully saturated rings. The van der Waals surface area contributed by atoms with Crippen molar-refractivity contribution in [1.82, 2.24) is 9.03 Å². The molecule has 158 valence electrons. The van der Waals surface area contributed by atoms with E-state index in [0.29, 0.717) is 13.0 Å². The largest absolute Gasteiger partial charge is 0.242 e. The van der Waals surface area contributed by atoms with Gasteiger partial charge in [0.15, 0.2) is 0 Å². The number of benzene rings is 2. The van der Waals surface area contributed by atoms with Gasteiger partial charge in [0.1, 0.15) is 0 Å². The Balaban J connectivity index is 1.90. The minimum atomic E-state index is -3.60. The van der Waals surface area contributed by atoms with Crippen LogP contribution < -0.4 is 4.72 Å². The second-order valence-electron chi connectivity index (χ2n) is 7.08. The maximum Gasteiger partial charge on any atom is 0.242 e. The molecule has 0 spiro atoms. The average Bonchev–Trinajstić information content (AvgIpc) is 2.65. The van der Waals surface area contributed by atoms with Crippen LogP contribution in [0.2, 0.25) is 0 Å². The molecular weight excluding hydrogens is 408 g/mol. The smallest absolute Gasteiger partial charge is 0.207 e. The number of aryl methyl sites for hydroxylation is 2. The highest BCUT2D eigenvalue weighted by atomic mass is 32.2. The summed E-state index contributed by atoms with van der Waals surface area (Å²) in [7, 11) is -5.60. The van der Waals surface area contributed by atoms with Crippen LogP contribution in [0.1, 0.15) is 24.5 Å². The van der Waals surface area contributed by atoms with Crippen LogP contribution in [-0.4, -0.2) is 40.8 Å². The fourth-order valence-electron chi connectivity index (χ4n) is 2.64. The van der Waals surface area contributed by atoms with E-state index in [-0.39, 0.29) is 9.79 Å². The van der Waals surface area contributed by atoms with E-state index in [1.54, 1.807) is 67.6 Å². The molecule has 2 aromatic rings. The highest BCUT2D eigenvalue weighted by Gasteiger charge is 2.20. The summed E-state index contributed by atoms with van der Waals surface area (Å²) in [6.07, 6.45) is 3.97. The second kappa shape index (κ2) is 9.67. The molecule has 0 saturated heterocycles. The highest BCUT2D eigenvalue weighted by molar-refractivity contribution is 7.89. The number of hydrogen-bond acceptors (Lipinski definition) is 4. The topological polar surface area (TPSA) is 83.6 Å². The van der Waals surface area contributed by atoms with Gasteiger partial charge in [0.2, 0.25) is 20.0 Å². The van der Waals surface area contributed by atoms with Gasteiger partial charge in [0, 0.05) is 19.6 Å². The summed E-state index contributed by atoms with van der Waals surface area (Å²) in [6.45, 7) is 5.82. The van der Waals surface area contributed by atoms with E-state index in [0.717, 1.165) is 11.1 Å². The van der Waals surface area contributed by atoms with Crippen LogP contribution in [0, 0.1) is 13.8 Å². The number of nitrogens with one attached hydrogen (secondary N) is 1. The van der Waals surface area contributed by atoms with Gasteiger partial charge < -0.3 is 0 Å². The molecule has 1 atom stereocenters. The fourth-order valence-corrected chi connectivity index (χ4v) is 5.02. The molecular formula is C21H28N2O4S2. The van der Waals surface area contributed by atoms with Crippen LogP contribution in [-0.2, 0) is 20.0 Å². The van der Waals surface area contributed by atoms with Crippen LogP contribution in [0.15, 0.2) is 70.5 Å². The zero-order valence-corrected chi connectivity index (χ0v) is 18.8. The van der Waals surface area contributed by atoms with Crippen molar-refractivity contribution in [3.05, 3.63) is 71.8 Å². The van der Waals surface area contributed by atoms with E-state index in [1.165, 1.54) is 11.4 Å². The van der Waals surface area contributed by atoms with E-state index in [9.17, 15) is 16.8 Å². The normalized spacial score (nSPS) is 13.8. The Bertz CT molecular complexity index is 1040. The van der Waals surface area contributed by atoms with Crippen LogP contribution in [0.25, 0.3) is 0 Å². The van der Waals surface area contributed by atoms with E-state index < -0.39 is 26.1 Å². The zero-order valence-electron chi connectivity index (χ0n) is 17.2. The third kappa shape index (κ3) is 6.50. The Hall–Kier alpha value is -2.00. The summed E-state index contributed by atoms with van der Waals surface area (Å²) < 4.78 is 53.7. The zero-order chi connectivity index (χ0) is 21.7. The van der Waals surface area contributed by atoms with E-state index >= 15 is 0 Å². The Morgan fingerprint density at radius 1 is 0.897 bits per heavy atom. The van der Waals surface area contributed by atoms with Gasteiger partial charge in [-0.3, -0.25) is 0 Å². The van der Waals surface area contributed by atoms with Gasteiger partial charge in [-0.15, -0.1) is 0 Å². The molecule has 0 aliphatic rings. The van der Waals surface area contributed by atoms with Crippen molar-refractivity contribution in [3.8, 4) is 0 Å². The van der Waals surface area contributed by atoms with E-state index in [1.807, 2.05) is 13.8 Å².